The van der Waals surface area contributed by atoms with E-state index < -0.39 is 83.4 Å². The van der Waals surface area contributed by atoms with Crippen LogP contribution in [-0.4, -0.2) is 80.8 Å². The van der Waals surface area contributed by atoms with Gasteiger partial charge in [0.2, 0.25) is 29.4 Å². The lowest BCUT2D eigenvalue weighted by Gasteiger charge is -2.33. The summed E-state index contributed by atoms with van der Waals surface area (Å²) >= 11 is 0. The smallest absolute Gasteiger partial charge is 0.288 e. The molecule has 6 atom stereocenters. The Morgan fingerprint density at radius 2 is 1.80 bits per heavy atom. The Labute approximate surface area is 280 Å². The van der Waals surface area contributed by atoms with Gasteiger partial charge >= 0.3 is 0 Å². The third kappa shape index (κ3) is 7.29. The van der Waals surface area contributed by atoms with E-state index in [2.05, 4.69) is 26.6 Å². The van der Waals surface area contributed by atoms with Gasteiger partial charge in [-0.1, -0.05) is 44.2 Å². The lowest BCUT2D eigenvalue weighted by atomic mass is 9.83. The van der Waals surface area contributed by atoms with Crippen molar-refractivity contribution in [2.75, 3.05) is 5.32 Å². The molecule has 0 saturated carbocycles. The number of phenols is 1. The molecule has 4 rings (SSSR count). The number of aromatic hydroxyl groups is 1. The summed E-state index contributed by atoms with van der Waals surface area (Å²) in [5.74, 6) is -8.38. The lowest BCUT2D eigenvalue weighted by Crippen LogP contribution is -2.64. The summed E-state index contributed by atoms with van der Waals surface area (Å²) in [6, 6.07) is 3.02. The van der Waals surface area contributed by atoms with Crippen LogP contribution in [0.15, 0.2) is 48.7 Å². The van der Waals surface area contributed by atoms with Crippen molar-refractivity contribution in [3.8, 4) is 16.9 Å². The fourth-order valence-electron chi connectivity index (χ4n) is 5.58. The molecule has 0 aromatic heterocycles. The molecular formula is C33H38N6O10. The van der Waals surface area contributed by atoms with Crippen LogP contribution in [0.3, 0.4) is 0 Å². The minimum Gasteiger partial charge on any atom is -0.507 e. The zero-order chi connectivity index (χ0) is 36.2. The van der Waals surface area contributed by atoms with E-state index in [0.29, 0.717) is 12.0 Å². The number of aliphatic hydroxyl groups is 2. The number of phenolic OH excluding ortho intramolecular Hbond substituents is 1. The quantitative estimate of drug-likeness (QED) is 0.149. The van der Waals surface area contributed by atoms with Crippen LogP contribution in [0.1, 0.15) is 44.7 Å². The van der Waals surface area contributed by atoms with E-state index >= 15 is 0 Å². The first kappa shape index (κ1) is 36.2. The minimum absolute atomic E-state index is 0.0270. The fourth-order valence-corrected chi connectivity index (χ4v) is 5.58. The summed E-state index contributed by atoms with van der Waals surface area (Å²) in [6.07, 6.45) is -0.553. The second-order valence-electron chi connectivity index (χ2n) is 11.9. The topological polar surface area (TPSA) is 266 Å². The number of nitrogens with one attached hydrogen (secondary N) is 5. The first-order chi connectivity index (χ1) is 23.1. The SMILES string of the molecule is C/C=C\NC(=O)[C@H]1NC(=O)[C@@H](CC(N)=O)NC(=O)[C@@H](NC(=O)C(=O)[C@H](C)CC)Cc2ccc(O)c(c2)-c2cccc3c2NC(=O)[C@@]3(O)[C@@H]1O. The summed E-state index contributed by atoms with van der Waals surface area (Å²) < 4.78 is 0. The van der Waals surface area contributed by atoms with Gasteiger partial charge in [0.05, 0.1) is 12.1 Å². The zero-order valence-corrected chi connectivity index (χ0v) is 26.9. The van der Waals surface area contributed by atoms with E-state index in [9.17, 15) is 48.9 Å². The summed E-state index contributed by atoms with van der Waals surface area (Å²) in [4.78, 5) is 91.8. The second-order valence-corrected chi connectivity index (χ2v) is 11.9. The second kappa shape index (κ2) is 14.7. The van der Waals surface area contributed by atoms with Crippen LogP contribution in [-0.2, 0) is 45.6 Å². The molecule has 0 aliphatic carbocycles. The van der Waals surface area contributed by atoms with Crippen LogP contribution in [0.2, 0.25) is 0 Å². The highest BCUT2D eigenvalue weighted by Crippen LogP contribution is 2.46. The van der Waals surface area contributed by atoms with Crippen molar-refractivity contribution in [3.63, 3.8) is 0 Å². The van der Waals surface area contributed by atoms with Gasteiger partial charge in [0.25, 0.3) is 11.8 Å². The normalized spacial score (nSPS) is 24.3. The largest absolute Gasteiger partial charge is 0.507 e. The molecule has 49 heavy (non-hydrogen) atoms. The highest BCUT2D eigenvalue weighted by Gasteiger charge is 2.56. The Morgan fingerprint density at radius 3 is 2.45 bits per heavy atom. The van der Waals surface area contributed by atoms with Gasteiger partial charge in [-0.05, 0) is 37.2 Å². The number of hydrogen-bond acceptors (Lipinski definition) is 10. The molecule has 10 N–H and O–H groups in total. The van der Waals surface area contributed by atoms with Crippen molar-refractivity contribution in [3.05, 3.63) is 59.8 Å². The fraction of sp³-hybridized carbons (Fsp3) is 0.364. The minimum atomic E-state index is -2.83. The van der Waals surface area contributed by atoms with E-state index in [1.807, 2.05) is 0 Å². The maximum atomic E-state index is 13.7. The number of primary amides is 1. The first-order valence-corrected chi connectivity index (χ1v) is 15.5. The molecule has 16 nitrogen and oxygen atoms in total. The number of aliphatic hydroxyl groups excluding tert-OH is 1. The molecule has 2 heterocycles. The average Bonchev–Trinajstić information content (AvgIpc) is 3.34. The van der Waals surface area contributed by atoms with E-state index in [4.69, 9.17) is 5.73 Å². The summed E-state index contributed by atoms with van der Waals surface area (Å²) in [5, 5.41) is 46.0. The Kier molecular flexibility index (Phi) is 10.8. The van der Waals surface area contributed by atoms with Crippen molar-refractivity contribution >= 4 is 46.9 Å². The maximum absolute atomic E-state index is 13.7. The van der Waals surface area contributed by atoms with Gasteiger partial charge in [0.15, 0.2) is 5.60 Å². The maximum Gasteiger partial charge on any atom is 0.288 e. The van der Waals surface area contributed by atoms with Crippen LogP contribution in [0.25, 0.3) is 11.1 Å². The van der Waals surface area contributed by atoms with Crippen LogP contribution in [0, 0.1) is 5.92 Å². The molecule has 0 spiro atoms. The zero-order valence-electron chi connectivity index (χ0n) is 26.9. The first-order valence-electron chi connectivity index (χ1n) is 15.5. The molecule has 0 fully saturated rings. The number of anilines is 1. The molecule has 2 aromatic rings. The van der Waals surface area contributed by atoms with Gasteiger partial charge in [-0.2, -0.15) is 0 Å². The highest BCUT2D eigenvalue weighted by atomic mass is 16.4. The number of carbonyl (C=O) groups is 7. The molecular weight excluding hydrogens is 640 g/mol. The van der Waals surface area contributed by atoms with Crippen molar-refractivity contribution in [2.45, 2.75) is 69.9 Å². The third-order valence-corrected chi connectivity index (χ3v) is 8.51. The number of Topliss-reactive ketones (excluding diaryl/α,β-unsaturated/α-hetero) is 1. The number of para-hydroxylation sites is 1. The number of amides is 6. The van der Waals surface area contributed by atoms with Crippen molar-refractivity contribution < 1.29 is 48.9 Å². The predicted molar refractivity (Wildman–Crippen MR) is 173 cm³/mol. The van der Waals surface area contributed by atoms with Crippen molar-refractivity contribution in [1.82, 2.24) is 21.3 Å². The number of benzene rings is 2. The van der Waals surface area contributed by atoms with Crippen molar-refractivity contribution in [1.29, 1.82) is 0 Å². The van der Waals surface area contributed by atoms with Gasteiger partial charge in [-0.25, -0.2) is 0 Å². The number of allylic oxidation sites excluding steroid dienone is 1. The molecule has 0 radical (unpaired) electrons. The third-order valence-electron chi connectivity index (χ3n) is 8.51. The summed E-state index contributed by atoms with van der Waals surface area (Å²) in [5.41, 5.74) is 2.95. The Bertz CT molecular complexity index is 1740. The number of nitrogens with two attached hydrogens (primary N) is 1. The van der Waals surface area contributed by atoms with Crippen LogP contribution in [0.4, 0.5) is 5.69 Å². The number of fused-ring (bicyclic) bond motifs is 3. The Balaban J connectivity index is 1.93. The molecule has 2 aliphatic rings. The van der Waals surface area contributed by atoms with Crippen LogP contribution in [0.5, 0.6) is 5.75 Å². The molecule has 0 unspecified atom stereocenters. The van der Waals surface area contributed by atoms with E-state index in [0.717, 1.165) is 6.20 Å². The standard InChI is InChI=1S/C33H38N6O10/c1-4-11-35-30(46)25-27(43)33(49)19-8-6-7-17(24(19)39-32(33)48)18-12-16(9-10-22(18)40)13-20(37-31(47)26(42)15(3)5-2)28(44)36-21(14-23(34)41)29(45)38-25/h4,6-12,15,20-21,25,27,40,43,49H,5,13-14H2,1-3H3,(H2,34,41)(H,35,46)(H,36,44)(H,37,47)(H,38,45)(H,39,48)/b11-4-/t15-,20+,21-,25+,27-,33+/m1/s1. The number of carbonyl (C=O) groups excluding carboxylic acids is 7. The van der Waals surface area contributed by atoms with Crippen LogP contribution < -0.4 is 32.3 Å². The molecule has 2 aliphatic heterocycles. The van der Waals surface area contributed by atoms with Gasteiger partial charge in [-0.15, -0.1) is 0 Å². The predicted octanol–water partition coefficient (Wildman–Crippen LogP) is -1.29. The van der Waals surface area contributed by atoms with Gasteiger partial charge in [-0.3, -0.25) is 33.6 Å². The molecule has 6 bridgehead atoms. The monoisotopic (exact) mass is 678 g/mol. The Morgan fingerprint density at radius 1 is 1.08 bits per heavy atom. The number of ketones is 1. The van der Waals surface area contributed by atoms with E-state index in [1.165, 1.54) is 49.4 Å². The van der Waals surface area contributed by atoms with Gasteiger partial charge in [0.1, 0.15) is 30.0 Å². The number of hydrogen-bond donors (Lipinski definition) is 9. The molecule has 260 valence electrons. The lowest BCUT2D eigenvalue weighted by molar-refractivity contribution is -0.155. The van der Waals surface area contributed by atoms with E-state index in [-0.39, 0.29) is 34.5 Å². The highest BCUT2D eigenvalue weighted by molar-refractivity contribution is 6.37. The summed E-state index contributed by atoms with van der Waals surface area (Å²) in [7, 11) is 0. The number of rotatable bonds is 8. The van der Waals surface area contributed by atoms with Gasteiger partial charge < -0.3 is 47.6 Å². The molecule has 2 aromatic carbocycles. The van der Waals surface area contributed by atoms with E-state index in [1.54, 1.807) is 13.8 Å². The summed E-state index contributed by atoms with van der Waals surface area (Å²) in [6.45, 7) is 4.79. The Hall–Kier alpha value is -5.61. The average molecular weight is 679 g/mol. The molecule has 6 amide bonds. The molecule has 16 heteroatoms. The van der Waals surface area contributed by atoms with Crippen LogP contribution >= 0.6 is 0 Å². The van der Waals surface area contributed by atoms with Crippen molar-refractivity contribution in [2.24, 2.45) is 11.7 Å². The van der Waals surface area contributed by atoms with Gasteiger partial charge in [0, 0.05) is 29.0 Å². The molecule has 0 saturated heterocycles.